The fourth-order valence-corrected chi connectivity index (χ4v) is 4.61. The van der Waals surface area contributed by atoms with Crippen molar-refractivity contribution < 1.29 is 4.79 Å². The van der Waals surface area contributed by atoms with E-state index in [0.29, 0.717) is 28.4 Å². The van der Waals surface area contributed by atoms with Crippen LogP contribution in [0.5, 0.6) is 0 Å². The summed E-state index contributed by atoms with van der Waals surface area (Å²) in [5.74, 6) is 1.69. The van der Waals surface area contributed by atoms with E-state index in [2.05, 4.69) is 42.5 Å². The summed E-state index contributed by atoms with van der Waals surface area (Å²) in [6.07, 6.45) is 2.43. The van der Waals surface area contributed by atoms with E-state index in [1.165, 1.54) is 24.6 Å². The minimum atomic E-state index is -0.0807. The van der Waals surface area contributed by atoms with Crippen molar-refractivity contribution in [1.82, 2.24) is 35.4 Å². The SMILES string of the molecule is CCCCN1CCN(c2nc(Nc3cc(C)[nH]n3)nc(Sc3ccc(C(=O)NC(C)C)cc3)n2)CC1. The number of carbonyl (C=O) groups is 1. The molecule has 3 aromatic rings. The van der Waals surface area contributed by atoms with Crippen molar-refractivity contribution >= 4 is 35.4 Å². The van der Waals surface area contributed by atoms with E-state index in [-0.39, 0.29) is 11.9 Å². The molecule has 1 aliphatic rings. The monoisotopic (exact) mass is 509 g/mol. The van der Waals surface area contributed by atoms with Crippen LogP contribution in [0.25, 0.3) is 0 Å². The molecule has 3 heterocycles. The van der Waals surface area contributed by atoms with Crippen LogP contribution in [0.15, 0.2) is 40.4 Å². The van der Waals surface area contributed by atoms with Gasteiger partial charge in [0.25, 0.3) is 5.91 Å². The van der Waals surface area contributed by atoms with Crippen LogP contribution >= 0.6 is 11.8 Å². The number of aromatic nitrogens is 5. The Hall–Kier alpha value is -3.18. The number of aromatic amines is 1. The Labute approximate surface area is 216 Å². The smallest absolute Gasteiger partial charge is 0.251 e. The second-order valence-electron chi connectivity index (χ2n) is 9.24. The largest absolute Gasteiger partial charge is 0.350 e. The fraction of sp³-hybridized carbons (Fsp3) is 0.480. The number of amides is 1. The summed E-state index contributed by atoms with van der Waals surface area (Å²) in [4.78, 5) is 32.1. The van der Waals surface area contributed by atoms with E-state index >= 15 is 0 Å². The molecule has 0 radical (unpaired) electrons. The molecule has 0 saturated carbocycles. The Morgan fingerprint density at radius 1 is 1.11 bits per heavy atom. The third-order valence-corrected chi connectivity index (χ3v) is 6.65. The average molecular weight is 510 g/mol. The summed E-state index contributed by atoms with van der Waals surface area (Å²) in [6, 6.07) is 9.48. The van der Waals surface area contributed by atoms with Crippen molar-refractivity contribution in [2.75, 3.05) is 42.9 Å². The van der Waals surface area contributed by atoms with Crippen LogP contribution in [-0.4, -0.2) is 74.7 Å². The second-order valence-corrected chi connectivity index (χ2v) is 10.3. The number of benzene rings is 1. The van der Waals surface area contributed by atoms with Crippen molar-refractivity contribution in [3.63, 3.8) is 0 Å². The van der Waals surface area contributed by atoms with Gasteiger partial charge in [0.05, 0.1) is 0 Å². The van der Waals surface area contributed by atoms with E-state index in [9.17, 15) is 4.79 Å². The highest BCUT2D eigenvalue weighted by atomic mass is 32.2. The number of unbranched alkanes of at least 4 members (excludes halogenated alkanes) is 1. The summed E-state index contributed by atoms with van der Waals surface area (Å²) in [5, 5.41) is 13.9. The third-order valence-electron chi connectivity index (χ3n) is 5.78. The first kappa shape index (κ1) is 25.9. The van der Waals surface area contributed by atoms with Gasteiger partial charge in [-0.25, -0.2) is 0 Å². The quantitative estimate of drug-likeness (QED) is 0.375. The number of carbonyl (C=O) groups excluding carboxylic acids is 1. The van der Waals surface area contributed by atoms with Gasteiger partial charge in [0.15, 0.2) is 11.0 Å². The van der Waals surface area contributed by atoms with Crippen molar-refractivity contribution in [3.05, 3.63) is 41.6 Å². The molecule has 4 rings (SSSR count). The molecule has 1 aromatic carbocycles. The number of anilines is 3. The molecule has 2 aromatic heterocycles. The zero-order chi connectivity index (χ0) is 25.5. The number of nitrogens with one attached hydrogen (secondary N) is 3. The molecule has 0 bridgehead atoms. The molecule has 1 aliphatic heterocycles. The maximum absolute atomic E-state index is 12.3. The van der Waals surface area contributed by atoms with E-state index in [1.54, 1.807) is 0 Å². The molecule has 0 aliphatic carbocycles. The fourth-order valence-electron chi connectivity index (χ4n) is 3.86. The molecule has 0 spiro atoms. The van der Waals surface area contributed by atoms with E-state index in [0.717, 1.165) is 43.3 Å². The minimum absolute atomic E-state index is 0.0807. The molecule has 1 saturated heterocycles. The van der Waals surface area contributed by atoms with Gasteiger partial charge in [-0.05, 0) is 69.8 Å². The Bertz CT molecular complexity index is 1140. The predicted molar refractivity (Wildman–Crippen MR) is 143 cm³/mol. The van der Waals surface area contributed by atoms with Crippen LogP contribution in [0, 0.1) is 6.92 Å². The number of aryl methyl sites for hydroxylation is 1. The molecule has 192 valence electrons. The first-order valence-corrected chi connectivity index (χ1v) is 13.3. The van der Waals surface area contributed by atoms with Crippen LogP contribution < -0.4 is 15.5 Å². The van der Waals surface area contributed by atoms with E-state index in [1.807, 2.05) is 51.1 Å². The van der Waals surface area contributed by atoms with Crippen LogP contribution in [0.3, 0.4) is 0 Å². The van der Waals surface area contributed by atoms with Gasteiger partial charge >= 0.3 is 0 Å². The summed E-state index contributed by atoms with van der Waals surface area (Å²) in [6.45, 7) is 12.9. The van der Waals surface area contributed by atoms with Gasteiger partial charge in [0.1, 0.15) is 0 Å². The molecule has 1 fully saturated rings. The van der Waals surface area contributed by atoms with Gasteiger partial charge in [-0.2, -0.15) is 20.1 Å². The Kier molecular flexibility index (Phi) is 8.76. The molecule has 0 atom stereocenters. The lowest BCUT2D eigenvalue weighted by Crippen LogP contribution is -2.47. The Morgan fingerprint density at radius 2 is 1.86 bits per heavy atom. The van der Waals surface area contributed by atoms with Gasteiger partial charge in [-0.1, -0.05) is 13.3 Å². The van der Waals surface area contributed by atoms with Crippen molar-refractivity contribution in [3.8, 4) is 0 Å². The number of nitrogens with zero attached hydrogens (tertiary/aromatic N) is 6. The van der Waals surface area contributed by atoms with Gasteiger partial charge in [0, 0.05) is 54.4 Å². The van der Waals surface area contributed by atoms with Crippen LogP contribution in [0.2, 0.25) is 0 Å². The number of piperazine rings is 1. The molecule has 11 heteroatoms. The zero-order valence-corrected chi connectivity index (χ0v) is 22.2. The topological polar surface area (TPSA) is 115 Å². The highest BCUT2D eigenvalue weighted by Crippen LogP contribution is 2.28. The maximum atomic E-state index is 12.3. The summed E-state index contributed by atoms with van der Waals surface area (Å²) < 4.78 is 0. The predicted octanol–water partition coefficient (Wildman–Crippen LogP) is 3.86. The second kappa shape index (κ2) is 12.2. The number of H-pyrrole nitrogens is 1. The summed E-state index contributed by atoms with van der Waals surface area (Å²) in [5.41, 5.74) is 1.58. The minimum Gasteiger partial charge on any atom is -0.350 e. The number of hydrogen-bond donors (Lipinski definition) is 3. The highest BCUT2D eigenvalue weighted by Gasteiger charge is 2.21. The van der Waals surface area contributed by atoms with Gasteiger partial charge < -0.3 is 15.5 Å². The van der Waals surface area contributed by atoms with Crippen LogP contribution in [0.1, 0.15) is 49.7 Å². The Balaban J connectivity index is 1.52. The first-order chi connectivity index (χ1) is 17.4. The third kappa shape index (κ3) is 7.17. The first-order valence-electron chi connectivity index (χ1n) is 12.5. The standard InChI is InChI=1S/C25H35N9OS/c1-5-6-11-33-12-14-34(15-13-33)24-28-23(27-21-16-18(4)31-32-21)29-25(30-24)36-20-9-7-19(8-10-20)22(35)26-17(2)3/h7-10,16-17H,5-6,11-15H2,1-4H3,(H,26,35)(H2,27,28,29,30,31,32). The molecule has 36 heavy (non-hydrogen) atoms. The van der Waals surface area contributed by atoms with Gasteiger partial charge in [0.2, 0.25) is 11.9 Å². The van der Waals surface area contributed by atoms with Crippen LogP contribution in [0.4, 0.5) is 17.7 Å². The zero-order valence-electron chi connectivity index (χ0n) is 21.4. The molecule has 0 unspecified atom stereocenters. The number of rotatable bonds is 10. The lowest BCUT2D eigenvalue weighted by molar-refractivity contribution is 0.0943. The number of hydrogen-bond acceptors (Lipinski definition) is 9. The van der Waals surface area contributed by atoms with Crippen LogP contribution in [-0.2, 0) is 0 Å². The van der Waals surface area contributed by atoms with Gasteiger partial charge in [-0.15, -0.1) is 0 Å². The van der Waals surface area contributed by atoms with Gasteiger partial charge in [-0.3, -0.25) is 14.8 Å². The average Bonchev–Trinajstić information content (AvgIpc) is 3.27. The lowest BCUT2D eigenvalue weighted by atomic mass is 10.2. The molecule has 3 N–H and O–H groups in total. The van der Waals surface area contributed by atoms with E-state index in [4.69, 9.17) is 9.97 Å². The Morgan fingerprint density at radius 3 is 2.50 bits per heavy atom. The van der Waals surface area contributed by atoms with E-state index < -0.39 is 0 Å². The van der Waals surface area contributed by atoms with Crippen molar-refractivity contribution in [2.24, 2.45) is 0 Å². The summed E-state index contributed by atoms with van der Waals surface area (Å²) in [7, 11) is 0. The lowest BCUT2D eigenvalue weighted by Gasteiger charge is -2.34. The molecular formula is C25H35N9OS. The molecular weight excluding hydrogens is 474 g/mol. The molecule has 10 nitrogen and oxygen atoms in total. The maximum Gasteiger partial charge on any atom is 0.251 e. The highest BCUT2D eigenvalue weighted by molar-refractivity contribution is 7.99. The van der Waals surface area contributed by atoms with Crippen molar-refractivity contribution in [1.29, 1.82) is 0 Å². The van der Waals surface area contributed by atoms with Crippen molar-refractivity contribution in [2.45, 2.75) is 56.6 Å². The normalized spacial score (nSPS) is 14.3. The summed E-state index contributed by atoms with van der Waals surface area (Å²) >= 11 is 1.44. The molecule has 1 amide bonds.